The lowest BCUT2D eigenvalue weighted by atomic mass is 10.1. The summed E-state index contributed by atoms with van der Waals surface area (Å²) in [6.45, 7) is 4.04. The summed E-state index contributed by atoms with van der Waals surface area (Å²) in [7, 11) is 0. The maximum Gasteiger partial charge on any atom is 0.262 e. The predicted molar refractivity (Wildman–Crippen MR) is 105 cm³/mol. The number of fused-ring (bicyclic) bond motifs is 1. The van der Waals surface area contributed by atoms with Crippen molar-refractivity contribution >= 4 is 22.8 Å². The first-order chi connectivity index (χ1) is 13.0. The summed E-state index contributed by atoms with van der Waals surface area (Å²) in [5.41, 5.74) is 3.89. The largest absolute Gasteiger partial charge is 0.301 e. The maximum absolute atomic E-state index is 13.8. The van der Waals surface area contributed by atoms with E-state index in [-0.39, 0.29) is 11.4 Å². The Morgan fingerprint density at radius 2 is 1.96 bits per heavy atom. The van der Waals surface area contributed by atoms with Crippen LogP contribution in [0.5, 0.6) is 0 Å². The summed E-state index contributed by atoms with van der Waals surface area (Å²) in [6.07, 6.45) is 1.52. The monoisotopic (exact) mass is 380 g/mol. The fraction of sp³-hybridized carbons (Fsp3) is 0.150. The number of rotatable bonds is 4. The van der Waals surface area contributed by atoms with E-state index < -0.39 is 0 Å². The Bertz CT molecular complexity index is 1200. The molecule has 0 amide bonds. The Kier molecular flexibility index (Phi) is 4.53. The first-order valence-electron chi connectivity index (χ1n) is 8.45. The Balaban J connectivity index is 1.75. The number of aromatic nitrogens is 4. The van der Waals surface area contributed by atoms with Crippen LogP contribution in [0, 0.1) is 19.7 Å². The average Bonchev–Trinajstić information content (AvgIpc) is 3.08. The fourth-order valence-corrected chi connectivity index (χ4v) is 3.71. The van der Waals surface area contributed by atoms with Gasteiger partial charge in [0.15, 0.2) is 10.8 Å². The number of nitrogens with zero attached hydrogens (tertiary/aromatic N) is 3. The van der Waals surface area contributed by atoms with E-state index in [9.17, 15) is 9.18 Å². The molecule has 0 aliphatic carbocycles. The molecular formula is C20H17FN4OS. The summed E-state index contributed by atoms with van der Waals surface area (Å²) in [4.78, 5) is 19.8. The van der Waals surface area contributed by atoms with Gasteiger partial charge in [0.2, 0.25) is 0 Å². The van der Waals surface area contributed by atoms with Crippen molar-refractivity contribution in [2.75, 3.05) is 0 Å². The molecule has 2 aromatic heterocycles. The van der Waals surface area contributed by atoms with Gasteiger partial charge < -0.3 is 4.98 Å². The molecule has 0 radical (unpaired) electrons. The van der Waals surface area contributed by atoms with Crippen LogP contribution in [-0.2, 0) is 5.75 Å². The number of hydrogen-bond acceptors (Lipinski definition) is 4. The molecule has 0 bridgehead atoms. The molecule has 0 aliphatic heterocycles. The van der Waals surface area contributed by atoms with Gasteiger partial charge in [0.1, 0.15) is 11.2 Å². The predicted octanol–water partition coefficient (Wildman–Crippen LogP) is 4.16. The summed E-state index contributed by atoms with van der Waals surface area (Å²) in [5.74, 6) is 0.104. The van der Waals surface area contributed by atoms with Crippen LogP contribution in [0.2, 0.25) is 0 Å². The highest BCUT2D eigenvalue weighted by Crippen LogP contribution is 2.24. The van der Waals surface area contributed by atoms with Gasteiger partial charge in [-0.1, -0.05) is 42.1 Å². The number of halogens is 1. The summed E-state index contributed by atoms with van der Waals surface area (Å²) < 4.78 is 15.5. The second-order valence-corrected chi connectivity index (χ2v) is 7.23. The number of H-pyrrole nitrogens is 1. The SMILES string of the molecule is Cc1cccc(-n2ncc3c(=O)[nH]c(SCc4ccccc4F)nc32)c1C. The van der Waals surface area contributed by atoms with E-state index in [2.05, 4.69) is 15.1 Å². The quantitative estimate of drug-likeness (QED) is 0.427. The zero-order chi connectivity index (χ0) is 19.0. The second kappa shape index (κ2) is 7.00. The van der Waals surface area contributed by atoms with Crippen molar-refractivity contribution in [3.05, 3.63) is 81.5 Å². The zero-order valence-corrected chi connectivity index (χ0v) is 15.7. The van der Waals surface area contributed by atoms with Crippen LogP contribution in [0.25, 0.3) is 16.7 Å². The smallest absolute Gasteiger partial charge is 0.262 e. The fourth-order valence-electron chi connectivity index (χ4n) is 2.87. The Morgan fingerprint density at radius 3 is 2.78 bits per heavy atom. The number of nitrogens with one attached hydrogen (secondary N) is 1. The van der Waals surface area contributed by atoms with Gasteiger partial charge in [0.05, 0.1) is 11.9 Å². The second-order valence-electron chi connectivity index (χ2n) is 6.26. The number of benzene rings is 2. The third kappa shape index (κ3) is 3.26. The van der Waals surface area contributed by atoms with E-state index >= 15 is 0 Å². The molecule has 2 aromatic carbocycles. The van der Waals surface area contributed by atoms with E-state index in [1.54, 1.807) is 22.9 Å². The van der Waals surface area contributed by atoms with Crippen LogP contribution in [0.4, 0.5) is 4.39 Å². The highest BCUT2D eigenvalue weighted by Gasteiger charge is 2.14. The van der Waals surface area contributed by atoms with Crippen molar-refractivity contribution in [2.24, 2.45) is 0 Å². The van der Waals surface area contributed by atoms with Crippen LogP contribution in [-0.4, -0.2) is 19.7 Å². The van der Waals surface area contributed by atoms with E-state index in [1.165, 1.54) is 24.0 Å². The maximum atomic E-state index is 13.8. The van der Waals surface area contributed by atoms with Gasteiger partial charge in [0, 0.05) is 5.75 Å². The first-order valence-corrected chi connectivity index (χ1v) is 9.44. The molecule has 0 saturated heterocycles. The molecule has 5 nitrogen and oxygen atoms in total. The molecule has 1 N–H and O–H groups in total. The Labute approximate surface area is 159 Å². The van der Waals surface area contributed by atoms with Crippen molar-refractivity contribution < 1.29 is 4.39 Å². The van der Waals surface area contributed by atoms with Gasteiger partial charge in [-0.25, -0.2) is 14.1 Å². The minimum atomic E-state index is -0.270. The van der Waals surface area contributed by atoms with Crippen LogP contribution >= 0.6 is 11.8 Å². The van der Waals surface area contributed by atoms with E-state index in [1.807, 2.05) is 32.0 Å². The standard InChI is InChI=1S/C20H17FN4OS/c1-12-6-5-9-17(13(12)2)25-18-15(10-22-25)19(26)24-20(23-18)27-11-14-7-3-4-8-16(14)21/h3-10H,11H2,1-2H3,(H,23,24,26). The molecule has 27 heavy (non-hydrogen) atoms. The van der Waals surface area contributed by atoms with Crippen LogP contribution in [0.1, 0.15) is 16.7 Å². The number of hydrogen-bond donors (Lipinski definition) is 1. The lowest BCUT2D eigenvalue weighted by Gasteiger charge is -2.09. The molecule has 7 heteroatoms. The first kappa shape index (κ1) is 17.5. The lowest BCUT2D eigenvalue weighted by Crippen LogP contribution is -2.10. The Morgan fingerprint density at radius 1 is 1.15 bits per heavy atom. The van der Waals surface area contributed by atoms with Crippen molar-refractivity contribution in [3.8, 4) is 5.69 Å². The molecule has 2 heterocycles. The number of aryl methyl sites for hydroxylation is 1. The number of thioether (sulfide) groups is 1. The molecule has 0 atom stereocenters. The van der Waals surface area contributed by atoms with Gasteiger partial charge in [0.25, 0.3) is 5.56 Å². The number of aromatic amines is 1. The van der Waals surface area contributed by atoms with Crippen LogP contribution < -0.4 is 5.56 Å². The molecule has 0 fully saturated rings. The summed E-state index contributed by atoms with van der Waals surface area (Å²) in [5, 5.41) is 5.22. The molecule has 4 aromatic rings. The summed E-state index contributed by atoms with van der Waals surface area (Å²) >= 11 is 1.28. The molecular weight excluding hydrogens is 363 g/mol. The van der Waals surface area contributed by atoms with Crippen molar-refractivity contribution in [3.63, 3.8) is 0 Å². The Hall–Kier alpha value is -2.93. The topological polar surface area (TPSA) is 63.6 Å². The molecule has 0 spiro atoms. The van der Waals surface area contributed by atoms with E-state index in [0.29, 0.717) is 27.5 Å². The van der Waals surface area contributed by atoms with Crippen molar-refractivity contribution in [2.45, 2.75) is 24.8 Å². The van der Waals surface area contributed by atoms with E-state index in [4.69, 9.17) is 0 Å². The minimum absolute atomic E-state index is 0.257. The molecule has 4 rings (SSSR count). The molecule has 0 aliphatic rings. The minimum Gasteiger partial charge on any atom is -0.301 e. The van der Waals surface area contributed by atoms with E-state index in [0.717, 1.165) is 16.8 Å². The molecule has 0 saturated carbocycles. The lowest BCUT2D eigenvalue weighted by molar-refractivity contribution is 0.617. The third-order valence-corrected chi connectivity index (χ3v) is 5.46. The van der Waals surface area contributed by atoms with Gasteiger partial charge in [-0.2, -0.15) is 5.10 Å². The van der Waals surface area contributed by atoms with Crippen molar-refractivity contribution in [1.29, 1.82) is 0 Å². The molecule has 0 unspecified atom stereocenters. The van der Waals surface area contributed by atoms with Crippen LogP contribution in [0.15, 0.2) is 58.6 Å². The van der Waals surface area contributed by atoms with Gasteiger partial charge >= 0.3 is 0 Å². The molecule has 136 valence electrons. The van der Waals surface area contributed by atoms with Crippen LogP contribution in [0.3, 0.4) is 0 Å². The summed E-state index contributed by atoms with van der Waals surface area (Å²) in [6, 6.07) is 12.5. The normalized spacial score (nSPS) is 11.2. The highest BCUT2D eigenvalue weighted by atomic mass is 32.2. The van der Waals surface area contributed by atoms with Crippen molar-refractivity contribution in [1.82, 2.24) is 19.7 Å². The zero-order valence-electron chi connectivity index (χ0n) is 14.9. The van der Waals surface area contributed by atoms with Gasteiger partial charge in [-0.15, -0.1) is 0 Å². The average molecular weight is 380 g/mol. The van der Waals surface area contributed by atoms with Gasteiger partial charge in [-0.05, 0) is 42.7 Å². The van der Waals surface area contributed by atoms with Gasteiger partial charge in [-0.3, -0.25) is 4.79 Å². The third-order valence-electron chi connectivity index (χ3n) is 4.54. The highest BCUT2D eigenvalue weighted by molar-refractivity contribution is 7.98.